The van der Waals surface area contributed by atoms with Gasteiger partial charge in [-0.1, -0.05) is 29.3 Å². The second-order valence-corrected chi connectivity index (χ2v) is 7.64. The number of ketones is 1. The van der Waals surface area contributed by atoms with Crippen molar-refractivity contribution in [1.82, 2.24) is 4.90 Å². The van der Waals surface area contributed by atoms with Crippen molar-refractivity contribution in [2.45, 2.75) is 45.6 Å². The van der Waals surface area contributed by atoms with Gasteiger partial charge in [-0.25, -0.2) is 0 Å². The summed E-state index contributed by atoms with van der Waals surface area (Å²) in [5, 5.41) is 0.916. The molecule has 2 rings (SSSR count). The molecule has 1 aromatic carbocycles. The SMILES string of the molecule is CC(C)(C)N1CCC(CC(=O)c2c(Cl)cccc2Cl)CC1. The van der Waals surface area contributed by atoms with E-state index in [-0.39, 0.29) is 11.3 Å². The summed E-state index contributed by atoms with van der Waals surface area (Å²) in [6.45, 7) is 8.82. The molecule has 1 heterocycles. The number of hydrogen-bond acceptors (Lipinski definition) is 2. The van der Waals surface area contributed by atoms with Gasteiger partial charge in [-0.15, -0.1) is 0 Å². The maximum atomic E-state index is 12.5. The Morgan fingerprint density at radius 3 is 2.19 bits per heavy atom. The highest BCUT2D eigenvalue weighted by Gasteiger charge is 2.28. The minimum Gasteiger partial charge on any atom is -0.298 e. The summed E-state index contributed by atoms with van der Waals surface area (Å²) < 4.78 is 0. The van der Waals surface area contributed by atoms with Gasteiger partial charge in [0.2, 0.25) is 0 Å². The quantitative estimate of drug-likeness (QED) is 0.722. The van der Waals surface area contributed by atoms with E-state index in [1.807, 2.05) is 0 Å². The van der Waals surface area contributed by atoms with Gasteiger partial charge < -0.3 is 0 Å². The topological polar surface area (TPSA) is 20.3 Å². The molecule has 1 aliphatic heterocycles. The number of halogens is 2. The number of hydrogen-bond donors (Lipinski definition) is 0. The third kappa shape index (κ3) is 4.21. The zero-order valence-electron chi connectivity index (χ0n) is 13.0. The lowest BCUT2D eigenvalue weighted by Crippen LogP contribution is -2.46. The van der Waals surface area contributed by atoms with E-state index >= 15 is 0 Å². The summed E-state index contributed by atoms with van der Waals surface area (Å²) in [5.74, 6) is 0.503. The van der Waals surface area contributed by atoms with Gasteiger partial charge in [-0.2, -0.15) is 0 Å². The van der Waals surface area contributed by atoms with Gasteiger partial charge in [-0.05, 0) is 64.8 Å². The van der Waals surface area contributed by atoms with Crippen LogP contribution in [-0.2, 0) is 0 Å². The number of nitrogens with zero attached hydrogens (tertiary/aromatic N) is 1. The van der Waals surface area contributed by atoms with Crippen LogP contribution < -0.4 is 0 Å². The molecule has 2 nitrogen and oxygen atoms in total. The van der Waals surface area contributed by atoms with Crippen molar-refractivity contribution < 1.29 is 4.79 Å². The molecule has 0 aromatic heterocycles. The van der Waals surface area contributed by atoms with E-state index in [2.05, 4.69) is 25.7 Å². The predicted octanol–water partition coefficient (Wildman–Crippen LogP) is 5.08. The molecule has 0 spiro atoms. The highest BCUT2D eigenvalue weighted by Crippen LogP contribution is 2.30. The number of piperidine rings is 1. The highest BCUT2D eigenvalue weighted by atomic mass is 35.5. The Kier molecular flexibility index (Phi) is 5.34. The predicted molar refractivity (Wildman–Crippen MR) is 89.5 cm³/mol. The van der Waals surface area contributed by atoms with E-state index in [0.717, 1.165) is 25.9 Å². The van der Waals surface area contributed by atoms with Crippen LogP contribution in [0.5, 0.6) is 0 Å². The van der Waals surface area contributed by atoms with Gasteiger partial charge >= 0.3 is 0 Å². The molecule has 0 N–H and O–H groups in total. The first-order chi connectivity index (χ1) is 9.79. The highest BCUT2D eigenvalue weighted by molar-refractivity contribution is 6.39. The van der Waals surface area contributed by atoms with E-state index in [1.165, 1.54) is 0 Å². The zero-order valence-corrected chi connectivity index (χ0v) is 14.5. The molecule has 1 fully saturated rings. The lowest BCUT2D eigenvalue weighted by molar-refractivity contribution is 0.0768. The minimum absolute atomic E-state index is 0.0693. The van der Waals surface area contributed by atoms with E-state index in [9.17, 15) is 4.79 Å². The Hall–Kier alpha value is -0.570. The van der Waals surface area contributed by atoms with Crippen LogP contribution in [0, 0.1) is 5.92 Å². The lowest BCUT2D eigenvalue weighted by Gasteiger charge is -2.40. The molecule has 1 aliphatic rings. The van der Waals surface area contributed by atoms with Gasteiger partial charge in [0.25, 0.3) is 0 Å². The van der Waals surface area contributed by atoms with Gasteiger partial charge in [0.15, 0.2) is 5.78 Å². The maximum absolute atomic E-state index is 12.5. The van der Waals surface area contributed by atoms with Crippen LogP contribution in [0.2, 0.25) is 10.0 Å². The van der Waals surface area contributed by atoms with Crippen LogP contribution in [0.4, 0.5) is 0 Å². The molecule has 21 heavy (non-hydrogen) atoms. The molecule has 0 atom stereocenters. The second kappa shape index (κ2) is 6.68. The smallest absolute Gasteiger partial charge is 0.166 e. The summed E-state index contributed by atoms with van der Waals surface area (Å²) >= 11 is 12.2. The Morgan fingerprint density at radius 2 is 1.71 bits per heavy atom. The summed E-state index contributed by atoms with van der Waals surface area (Å²) in [4.78, 5) is 14.9. The van der Waals surface area contributed by atoms with Gasteiger partial charge in [0.1, 0.15) is 0 Å². The molecule has 0 aliphatic carbocycles. The first-order valence-electron chi connectivity index (χ1n) is 7.51. The van der Waals surface area contributed by atoms with Crippen molar-refractivity contribution >= 4 is 29.0 Å². The van der Waals surface area contributed by atoms with Crippen LogP contribution in [0.15, 0.2) is 18.2 Å². The third-order valence-corrected chi connectivity index (χ3v) is 4.91. The molecule has 0 amide bonds. The molecular formula is C17H23Cl2NO. The molecule has 4 heteroatoms. The van der Waals surface area contributed by atoms with Crippen LogP contribution >= 0.6 is 23.2 Å². The van der Waals surface area contributed by atoms with E-state index < -0.39 is 0 Å². The normalized spacial score (nSPS) is 18.0. The number of rotatable bonds is 3. The summed E-state index contributed by atoms with van der Waals surface area (Å²) in [5.41, 5.74) is 0.695. The fourth-order valence-corrected chi connectivity index (χ4v) is 3.54. The first-order valence-corrected chi connectivity index (χ1v) is 8.27. The molecule has 1 aromatic rings. The minimum atomic E-state index is 0.0693. The monoisotopic (exact) mass is 327 g/mol. The molecule has 1 saturated heterocycles. The van der Waals surface area contributed by atoms with Gasteiger partial charge in [0.05, 0.1) is 15.6 Å². The number of carbonyl (C=O) groups excluding carboxylic acids is 1. The van der Waals surface area contributed by atoms with Crippen molar-refractivity contribution in [3.63, 3.8) is 0 Å². The number of likely N-dealkylation sites (tertiary alicyclic amines) is 1. The fourth-order valence-electron chi connectivity index (χ4n) is 2.94. The Morgan fingerprint density at radius 1 is 1.19 bits per heavy atom. The van der Waals surface area contributed by atoms with Crippen molar-refractivity contribution in [3.8, 4) is 0 Å². The van der Waals surface area contributed by atoms with E-state index in [1.54, 1.807) is 18.2 Å². The number of benzene rings is 1. The van der Waals surface area contributed by atoms with Crippen molar-refractivity contribution in [2.24, 2.45) is 5.92 Å². The fraction of sp³-hybridized carbons (Fsp3) is 0.588. The van der Waals surface area contributed by atoms with Crippen molar-refractivity contribution in [2.75, 3.05) is 13.1 Å². The van der Waals surface area contributed by atoms with Crippen LogP contribution in [0.1, 0.15) is 50.4 Å². The third-order valence-electron chi connectivity index (χ3n) is 4.28. The Bertz CT molecular complexity index is 494. The van der Waals surface area contributed by atoms with Crippen LogP contribution in [0.3, 0.4) is 0 Å². The molecular weight excluding hydrogens is 305 g/mol. The molecule has 0 bridgehead atoms. The van der Waals surface area contributed by atoms with Gasteiger partial charge in [0, 0.05) is 12.0 Å². The molecule has 0 unspecified atom stereocenters. The maximum Gasteiger partial charge on any atom is 0.166 e. The standard InChI is InChI=1S/C17H23Cl2NO/c1-17(2,3)20-9-7-12(8-10-20)11-15(21)16-13(18)5-4-6-14(16)19/h4-6,12H,7-11H2,1-3H3. The first kappa shape index (κ1) is 16.8. The summed E-state index contributed by atoms with van der Waals surface area (Å²) in [7, 11) is 0. The average Bonchev–Trinajstić information content (AvgIpc) is 2.38. The van der Waals surface area contributed by atoms with E-state index in [0.29, 0.717) is 27.9 Å². The second-order valence-electron chi connectivity index (χ2n) is 6.83. The Balaban J connectivity index is 1.96. The average molecular weight is 328 g/mol. The van der Waals surface area contributed by atoms with Crippen molar-refractivity contribution in [1.29, 1.82) is 0 Å². The summed E-state index contributed by atoms with van der Waals surface area (Å²) in [6, 6.07) is 5.22. The molecule has 0 saturated carbocycles. The number of carbonyl (C=O) groups is 1. The van der Waals surface area contributed by atoms with Crippen LogP contribution in [-0.4, -0.2) is 29.3 Å². The lowest BCUT2D eigenvalue weighted by atomic mass is 9.88. The number of Topliss-reactive ketones (excluding diaryl/α,β-unsaturated/α-hetero) is 1. The largest absolute Gasteiger partial charge is 0.298 e. The zero-order chi connectivity index (χ0) is 15.6. The van der Waals surface area contributed by atoms with E-state index in [4.69, 9.17) is 23.2 Å². The Labute approximate surface area is 137 Å². The van der Waals surface area contributed by atoms with Crippen molar-refractivity contribution in [3.05, 3.63) is 33.8 Å². The summed E-state index contributed by atoms with van der Waals surface area (Å²) in [6.07, 6.45) is 2.66. The molecule has 0 radical (unpaired) electrons. The molecule has 116 valence electrons. The van der Waals surface area contributed by atoms with Gasteiger partial charge in [-0.3, -0.25) is 9.69 Å². The van der Waals surface area contributed by atoms with Crippen LogP contribution in [0.25, 0.3) is 0 Å².